The molecule has 1 aromatic carbocycles. The largest absolute Gasteiger partial charge is 0.296 e. The molecule has 12 heteroatoms. The van der Waals surface area contributed by atoms with E-state index in [2.05, 4.69) is 15.5 Å². The van der Waals surface area contributed by atoms with Crippen molar-refractivity contribution >= 4 is 44.0 Å². The monoisotopic (exact) mass is 436 g/mol. The summed E-state index contributed by atoms with van der Waals surface area (Å²) < 4.78 is 52.1. The molecule has 3 rings (SSSR count). The summed E-state index contributed by atoms with van der Waals surface area (Å²) in [6.07, 6.45) is -0.295. The van der Waals surface area contributed by atoms with E-state index in [0.29, 0.717) is 24.4 Å². The van der Waals surface area contributed by atoms with Gasteiger partial charge in [0, 0.05) is 18.7 Å². The van der Waals surface area contributed by atoms with Gasteiger partial charge >= 0.3 is 0 Å². The highest BCUT2D eigenvalue weighted by atomic mass is 35.5. The first-order chi connectivity index (χ1) is 12.8. The van der Waals surface area contributed by atoms with Crippen molar-refractivity contribution in [3.8, 4) is 0 Å². The number of halogens is 3. The highest BCUT2D eigenvalue weighted by Gasteiger charge is 2.29. The molecule has 1 N–H and O–H groups in total. The molecule has 0 atom stereocenters. The lowest BCUT2D eigenvalue weighted by Gasteiger charge is -2.26. The van der Waals surface area contributed by atoms with Gasteiger partial charge in [0.1, 0.15) is 4.90 Å². The SMILES string of the molecule is O=C(Nc1nnc(C(F)F)s1)c1ccc(Cl)c(S(=O)(=O)N2CCCCC2)c1. The van der Waals surface area contributed by atoms with Gasteiger partial charge in [-0.05, 0) is 31.0 Å². The van der Waals surface area contributed by atoms with E-state index in [9.17, 15) is 22.0 Å². The Morgan fingerprint density at radius 2 is 1.93 bits per heavy atom. The lowest BCUT2D eigenvalue weighted by molar-refractivity contribution is 0.102. The van der Waals surface area contributed by atoms with Crippen molar-refractivity contribution < 1.29 is 22.0 Å². The first kappa shape index (κ1) is 20.1. The highest BCUT2D eigenvalue weighted by molar-refractivity contribution is 7.89. The van der Waals surface area contributed by atoms with E-state index < -0.39 is 27.4 Å². The third-order valence-electron chi connectivity index (χ3n) is 3.97. The molecule has 0 bridgehead atoms. The maximum atomic E-state index is 12.8. The standard InChI is InChI=1S/C15H15ClF2N4O3S2/c16-10-5-4-9(13(23)19-15-21-20-14(26-15)12(17)18)8-11(10)27(24,25)22-6-2-1-3-7-22/h4-5,8,12H,1-3,6-7H2,(H,19,21,23). The van der Waals surface area contributed by atoms with Crippen LogP contribution in [0.15, 0.2) is 23.1 Å². The normalized spacial score (nSPS) is 15.9. The number of alkyl halides is 2. The van der Waals surface area contributed by atoms with Gasteiger partial charge in [-0.1, -0.05) is 29.4 Å². The summed E-state index contributed by atoms with van der Waals surface area (Å²) >= 11 is 6.60. The number of hydrogen-bond acceptors (Lipinski definition) is 6. The van der Waals surface area contributed by atoms with Crippen LogP contribution in [0.3, 0.4) is 0 Å². The maximum absolute atomic E-state index is 12.8. The predicted octanol–water partition coefficient (Wildman–Crippen LogP) is 3.56. The number of benzene rings is 1. The molecule has 1 aliphatic heterocycles. The third-order valence-corrected chi connectivity index (χ3v) is 7.20. The number of aromatic nitrogens is 2. The number of carbonyl (C=O) groups excluding carboxylic acids is 1. The Labute approximate surface area is 163 Å². The lowest BCUT2D eigenvalue weighted by atomic mass is 10.2. The first-order valence-corrected chi connectivity index (χ1v) is 10.6. The van der Waals surface area contributed by atoms with E-state index in [1.807, 2.05) is 0 Å². The number of carbonyl (C=O) groups is 1. The van der Waals surface area contributed by atoms with Crippen LogP contribution in [0.25, 0.3) is 0 Å². The number of anilines is 1. The van der Waals surface area contributed by atoms with Crippen LogP contribution in [-0.4, -0.2) is 41.9 Å². The van der Waals surface area contributed by atoms with E-state index in [1.54, 1.807) is 0 Å². The minimum atomic E-state index is -3.83. The maximum Gasteiger partial charge on any atom is 0.291 e. The van der Waals surface area contributed by atoms with Gasteiger partial charge in [-0.15, -0.1) is 10.2 Å². The number of nitrogens with one attached hydrogen (secondary N) is 1. The molecule has 1 saturated heterocycles. The summed E-state index contributed by atoms with van der Waals surface area (Å²) in [7, 11) is -3.83. The molecule has 0 spiro atoms. The van der Waals surface area contributed by atoms with Gasteiger partial charge < -0.3 is 0 Å². The van der Waals surface area contributed by atoms with Crippen LogP contribution in [0.1, 0.15) is 41.1 Å². The van der Waals surface area contributed by atoms with E-state index in [4.69, 9.17) is 11.6 Å². The fourth-order valence-corrected chi connectivity index (χ4v) is 5.24. The first-order valence-electron chi connectivity index (χ1n) is 8.01. The van der Waals surface area contributed by atoms with Crippen molar-refractivity contribution in [2.45, 2.75) is 30.6 Å². The number of hydrogen-bond donors (Lipinski definition) is 1. The van der Waals surface area contributed by atoms with Crippen molar-refractivity contribution in [3.05, 3.63) is 33.8 Å². The predicted molar refractivity (Wildman–Crippen MR) is 96.9 cm³/mol. The Balaban J connectivity index is 1.84. The third kappa shape index (κ3) is 4.42. The van der Waals surface area contributed by atoms with Crippen molar-refractivity contribution in [2.75, 3.05) is 18.4 Å². The van der Waals surface area contributed by atoms with Crippen LogP contribution in [0, 0.1) is 0 Å². The van der Waals surface area contributed by atoms with Crippen LogP contribution in [-0.2, 0) is 10.0 Å². The van der Waals surface area contributed by atoms with Gasteiger partial charge in [-0.3, -0.25) is 10.1 Å². The number of amides is 1. The summed E-state index contributed by atoms with van der Waals surface area (Å²) in [5.41, 5.74) is 0.0174. The van der Waals surface area contributed by atoms with Gasteiger partial charge in [0.2, 0.25) is 15.2 Å². The molecule has 7 nitrogen and oxygen atoms in total. The quantitative estimate of drug-likeness (QED) is 0.773. The number of piperidine rings is 1. The van der Waals surface area contributed by atoms with Crippen molar-refractivity contribution in [1.82, 2.24) is 14.5 Å². The molecule has 2 heterocycles. The molecule has 1 aromatic heterocycles. The van der Waals surface area contributed by atoms with Crippen LogP contribution < -0.4 is 5.32 Å². The summed E-state index contributed by atoms with van der Waals surface area (Å²) in [6, 6.07) is 3.84. The second-order valence-corrected chi connectivity index (χ2v) is 9.13. The molecule has 1 amide bonds. The van der Waals surface area contributed by atoms with Crippen molar-refractivity contribution in [1.29, 1.82) is 0 Å². The highest BCUT2D eigenvalue weighted by Crippen LogP contribution is 2.29. The zero-order chi connectivity index (χ0) is 19.6. The van der Waals surface area contributed by atoms with Crippen LogP contribution in [0.4, 0.5) is 13.9 Å². The molecular formula is C15H15ClF2N4O3S2. The zero-order valence-corrected chi connectivity index (χ0v) is 16.3. The molecular weight excluding hydrogens is 422 g/mol. The number of sulfonamides is 1. The second-order valence-electron chi connectivity index (χ2n) is 5.81. The lowest BCUT2D eigenvalue weighted by Crippen LogP contribution is -2.35. The molecule has 1 fully saturated rings. The Hall–Kier alpha value is -1.69. The minimum absolute atomic E-state index is 0.00743. The second kappa shape index (κ2) is 8.13. The zero-order valence-electron chi connectivity index (χ0n) is 13.9. The Morgan fingerprint density at radius 1 is 1.22 bits per heavy atom. The summed E-state index contributed by atoms with van der Waals surface area (Å²) in [5, 5.41) is 8.46. The fourth-order valence-electron chi connectivity index (χ4n) is 2.63. The Kier molecular flexibility index (Phi) is 6.04. The molecule has 0 aliphatic carbocycles. The van der Waals surface area contributed by atoms with Gasteiger partial charge in [-0.2, -0.15) is 4.31 Å². The Morgan fingerprint density at radius 3 is 2.56 bits per heavy atom. The average Bonchev–Trinajstić information content (AvgIpc) is 3.11. The van der Waals surface area contributed by atoms with Gasteiger partial charge in [0.15, 0.2) is 5.01 Å². The average molecular weight is 437 g/mol. The minimum Gasteiger partial charge on any atom is -0.296 e. The molecule has 0 saturated carbocycles. The molecule has 27 heavy (non-hydrogen) atoms. The van der Waals surface area contributed by atoms with Crippen molar-refractivity contribution in [3.63, 3.8) is 0 Å². The fraction of sp³-hybridized carbons (Fsp3) is 0.400. The van der Waals surface area contributed by atoms with Crippen molar-refractivity contribution in [2.24, 2.45) is 0 Å². The number of nitrogens with zero attached hydrogens (tertiary/aromatic N) is 3. The van der Waals surface area contributed by atoms with Crippen LogP contribution in [0.2, 0.25) is 5.02 Å². The summed E-state index contributed by atoms with van der Waals surface area (Å²) in [4.78, 5) is 12.2. The topological polar surface area (TPSA) is 92.3 Å². The molecule has 0 radical (unpaired) electrons. The van der Waals surface area contributed by atoms with E-state index >= 15 is 0 Å². The van der Waals surface area contributed by atoms with Crippen LogP contribution in [0.5, 0.6) is 0 Å². The van der Waals surface area contributed by atoms with E-state index in [-0.39, 0.29) is 20.6 Å². The summed E-state index contributed by atoms with van der Waals surface area (Å²) in [5.74, 6) is -0.696. The Bertz CT molecular complexity index is 946. The van der Waals surface area contributed by atoms with E-state index in [0.717, 1.165) is 19.3 Å². The van der Waals surface area contributed by atoms with Gasteiger partial charge in [0.25, 0.3) is 12.3 Å². The number of rotatable bonds is 5. The smallest absolute Gasteiger partial charge is 0.291 e. The molecule has 1 aliphatic rings. The van der Waals surface area contributed by atoms with E-state index in [1.165, 1.54) is 22.5 Å². The molecule has 2 aromatic rings. The van der Waals surface area contributed by atoms with Gasteiger partial charge in [-0.25, -0.2) is 17.2 Å². The molecule has 146 valence electrons. The molecule has 0 unspecified atom stereocenters. The van der Waals surface area contributed by atoms with Gasteiger partial charge in [0.05, 0.1) is 5.02 Å². The van der Waals surface area contributed by atoms with Crippen LogP contribution >= 0.6 is 22.9 Å². The summed E-state index contributed by atoms with van der Waals surface area (Å²) in [6.45, 7) is 0.798.